The molecule has 0 radical (unpaired) electrons. The van der Waals surface area contributed by atoms with Crippen molar-refractivity contribution >= 4 is 34.5 Å². The maximum atomic E-state index is 10.5. The lowest BCUT2D eigenvalue weighted by atomic mass is 10.0. The Kier molecular flexibility index (Phi) is 3.86. The smallest absolute Gasteiger partial charge is 0.328 e. The highest BCUT2D eigenvalue weighted by Gasteiger charge is 2.05. The second-order valence-electron chi connectivity index (χ2n) is 4.65. The molecule has 1 aromatic heterocycles. The van der Waals surface area contributed by atoms with Crippen molar-refractivity contribution in [1.82, 2.24) is 4.98 Å². The number of aliphatic carboxylic acids is 1. The van der Waals surface area contributed by atoms with Gasteiger partial charge in [-0.15, -0.1) is 0 Å². The van der Waals surface area contributed by atoms with Gasteiger partial charge < -0.3 is 5.11 Å². The summed E-state index contributed by atoms with van der Waals surface area (Å²) < 4.78 is 0. The molecule has 2 aromatic rings. The summed E-state index contributed by atoms with van der Waals surface area (Å²) in [7, 11) is 0. The Morgan fingerprint density at radius 3 is 2.74 bits per heavy atom. The number of hydrogen-bond donors (Lipinski definition) is 1. The quantitative estimate of drug-likeness (QED) is 0.677. The van der Waals surface area contributed by atoms with Crippen LogP contribution in [0.1, 0.15) is 30.9 Å². The van der Waals surface area contributed by atoms with E-state index in [1.807, 2.05) is 18.2 Å². The highest BCUT2D eigenvalue weighted by molar-refractivity contribution is 6.31. The second kappa shape index (κ2) is 5.41. The molecule has 1 N–H and O–H groups in total. The van der Waals surface area contributed by atoms with Crippen LogP contribution in [0.5, 0.6) is 0 Å². The van der Waals surface area contributed by atoms with Gasteiger partial charge in [0.15, 0.2) is 0 Å². The van der Waals surface area contributed by atoms with Gasteiger partial charge in [-0.25, -0.2) is 9.78 Å². The third-order valence-corrected chi connectivity index (χ3v) is 3.19. The minimum atomic E-state index is -1.01. The van der Waals surface area contributed by atoms with Crippen molar-refractivity contribution < 1.29 is 9.90 Å². The largest absolute Gasteiger partial charge is 0.478 e. The van der Waals surface area contributed by atoms with E-state index in [9.17, 15) is 4.79 Å². The number of carbonyl (C=O) groups is 1. The molecule has 0 amide bonds. The first-order chi connectivity index (χ1) is 8.97. The zero-order valence-corrected chi connectivity index (χ0v) is 11.5. The molecule has 0 unspecified atom stereocenters. The van der Waals surface area contributed by atoms with E-state index in [4.69, 9.17) is 16.7 Å². The number of pyridine rings is 1. The van der Waals surface area contributed by atoms with E-state index < -0.39 is 5.97 Å². The van der Waals surface area contributed by atoms with Crippen molar-refractivity contribution in [2.24, 2.45) is 0 Å². The lowest BCUT2D eigenvalue weighted by molar-refractivity contribution is -0.131. The van der Waals surface area contributed by atoms with Gasteiger partial charge in [0.1, 0.15) is 5.15 Å². The maximum absolute atomic E-state index is 10.5. The van der Waals surface area contributed by atoms with Gasteiger partial charge in [-0.1, -0.05) is 31.5 Å². The number of nitrogens with zero attached hydrogens (tertiary/aromatic N) is 1. The molecule has 0 bridgehead atoms. The molecule has 1 aromatic carbocycles. The van der Waals surface area contributed by atoms with E-state index in [0.717, 1.165) is 17.0 Å². The molecule has 0 saturated heterocycles. The molecule has 1 heterocycles. The number of hydrogen-bond acceptors (Lipinski definition) is 2. The van der Waals surface area contributed by atoms with Crippen LogP contribution in [0.25, 0.3) is 17.0 Å². The van der Waals surface area contributed by atoms with Gasteiger partial charge >= 0.3 is 5.97 Å². The van der Waals surface area contributed by atoms with Crippen LogP contribution < -0.4 is 0 Å². The molecule has 0 fully saturated rings. The number of aromatic nitrogens is 1. The molecular weight excluding hydrogens is 262 g/mol. The molecule has 3 nitrogen and oxygen atoms in total. The van der Waals surface area contributed by atoms with Gasteiger partial charge in [0.05, 0.1) is 5.52 Å². The van der Waals surface area contributed by atoms with Gasteiger partial charge in [-0.05, 0) is 35.8 Å². The Morgan fingerprint density at radius 1 is 1.37 bits per heavy atom. The van der Waals surface area contributed by atoms with Gasteiger partial charge in [0, 0.05) is 17.0 Å². The molecule has 4 heteroatoms. The average molecular weight is 276 g/mol. The standard InChI is InChI=1S/C15H14ClNO2/c1-9(2)10-3-5-13-12(7-10)8-11(15(16)17-13)4-6-14(18)19/h3-9H,1-2H3,(H,18,19)/b6-4+. The van der Waals surface area contributed by atoms with Crippen LogP contribution in [0.3, 0.4) is 0 Å². The third kappa shape index (κ3) is 3.12. The highest BCUT2D eigenvalue weighted by Crippen LogP contribution is 2.25. The van der Waals surface area contributed by atoms with Crippen LogP contribution >= 0.6 is 11.6 Å². The van der Waals surface area contributed by atoms with Gasteiger partial charge in [0.2, 0.25) is 0 Å². The topological polar surface area (TPSA) is 50.2 Å². The molecule has 0 spiro atoms. The number of carboxylic acids is 1. The fraction of sp³-hybridized carbons (Fsp3) is 0.200. The zero-order chi connectivity index (χ0) is 14.0. The highest BCUT2D eigenvalue weighted by atomic mass is 35.5. The number of carboxylic acid groups (broad SMARTS) is 1. The zero-order valence-electron chi connectivity index (χ0n) is 10.7. The Labute approximate surface area is 116 Å². The van der Waals surface area contributed by atoms with Crippen molar-refractivity contribution in [1.29, 1.82) is 0 Å². The van der Waals surface area contributed by atoms with E-state index in [2.05, 4.69) is 24.9 Å². The number of benzene rings is 1. The summed E-state index contributed by atoms with van der Waals surface area (Å²) >= 11 is 6.03. The Morgan fingerprint density at radius 2 is 2.11 bits per heavy atom. The fourth-order valence-electron chi connectivity index (χ4n) is 1.82. The molecule has 2 rings (SSSR count). The molecule has 0 aliphatic heterocycles. The van der Waals surface area contributed by atoms with E-state index in [0.29, 0.717) is 16.6 Å². The molecule has 98 valence electrons. The third-order valence-electron chi connectivity index (χ3n) is 2.89. The van der Waals surface area contributed by atoms with Gasteiger partial charge in [-0.3, -0.25) is 0 Å². The molecule has 0 atom stereocenters. The van der Waals surface area contributed by atoms with Crippen LogP contribution in [0.15, 0.2) is 30.3 Å². The summed E-state index contributed by atoms with van der Waals surface area (Å²) in [6.07, 6.45) is 2.51. The SMILES string of the molecule is CC(C)c1ccc2nc(Cl)c(/C=C/C(=O)O)cc2c1. The van der Waals surface area contributed by atoms with Crippen LogP contribution in [0, 0.1) is 0 Å². The van der Waals surface area contributed by atoms with Crippen LogP contribution in [-0.4, -0.2) is 16.1 Å². The summed E-state index contributed by atoms with van der Waals surface area (Å²) in [6, 6.07) is 7.88. The van der Waals surface area contributed by atoms with E-state index in [1.54, 1.807) is 0 Å². The van der Waals surface area contributed by atoms with Crippen LogP contribution in [0.2, 0.25) is 5.15 Å². The summed E-state index contributed by atoms with van der Waals surface area (Å²) in [5, 5.41) is 9.91. The Balaban J connectivity index is 2.55. The second-order valence-corrected chi connectivity index (χ2v) is 5.00. The molecule has 0 aliphatic carbocycles. The number of fused-ring (bicyclic) bond motifs is 1. The summed E-state index contributed by atoms with van der Waals surface area (Å²) in [6.45, 7) is 4.24. The van der Waals surface area contributed by atoms with Crippen LogP contribution in [-0.2, 0) is 4.79 Å². The summed E-state index contributed by atoms with van der Waals surface area (Å²) in [5.74, 6) is -0.579. The van der Waals surface area contributed by atoms with E-state index in [1.165, 1.54) is 11.6 Å². The van der Waals surface area contributed by atoms with E-state index >= 15 is 0 Å². The number of halogens is 1. The molecule has 19 heavy (non-hydrogen) atoms. The van der Waals surface area contributed by atoms with Crippen molar-refractivity contribution in [2.75, 3.05) is 0 Å². The average Bonchev–Trinajstić information content (AvgIpc) is 2.35. The first-order valence-corrected chi connectivity index (χ1v) is 6.36. The normalized spacial score (nSPS) is 11.6. The van der Waals surface area contributed by atoms with E-state index in [-0.39, 0.29) is 0 Å². The van der Waals surface area contributed by atoms with Crippen molar-refractivity contribution in [3.8, 4) is 0 Å². The Hall–Kier alpha value is -1.87. The predicted molar refractivity (Wildman–Crippen MR) is 77.5 cm³/mol. The lowest BCUT2D eigenvalue weighted by Gasteiger charge is -2.08. The van der Waals surface area contributed by atoms with Gasteiger partial charge in [-0.2, -0.15) is 0 Å². The monoisotopic (exact) mass is 275 g/mol. The first-order valence-electron chi connectivity index (χ1n) is 5.98. The lowest BCUT2D eigenvalue weighted by Crippen LogP contribution is -1.91. The Bertz CT molecular complexity index is 662. The number of rotatable bonds is 3. The molecule has 0 saturated carbocycles. The van der Waals surface area contributed by atoms with Crippen LogP contribution in [0.4, 0.5) is 0 Å². The summed E-state index contributed by atoms with van der Waals surface area (Å²) in [4.78, 5) is 14.8. The van der Waals surface area contributed by atoms with Crippen molar-refractivity contribution in [3.05, 3.63) is 46.6 Å². The predicted octanol–water partition coefficient (Wildman–Crippen LogP) is 4.11. The fourth-order valence-corrected chi connectivity index (χ4v) is 2.03. The van der Waals surface area contributed by atoms with Crippen molar-refractivity contribution in [3.63, 3.8) is 0 Å². The molecule has 0 aliphatic rings. The van der Waals surface area contributed by atoms with Crippen molar-refractivity contribution in [2.45, 2.75) is 19.8 Å². The first kappa shape index (κ1) is 13.6. The van der Waals surface area contributed by atoms with Gasteiger partial charge in [0.25, 0.3) is 0 Å². The minimum Gasteiger partial charge on any atom is -0.478 e. The molecular formula is C15H14ClNO2. The minimum absolute atomic E-state index is 0.308. The summed E-state index contributed by atoms with van der Waals surface area (Å²) in [5.41, 5.74) is 2.63. The maximum Gasteiger partial charge on any atom is 0.328 e.